The predicted octanol–water partition coefficient (Wildman–Crippen LogP) is 2.92. The van der Waals surface area contributed by atoms with Crippen molar-refractivity contribution in [1.82, 2.24) is 4.98 Å². The molecule has 0 atom stereocenters. The van der Waals surface area contributed by atoms with Gasteiger partial charge in [-0.1, -0.05) is 11.6 Å². The lowest BCUT2D eigenvalue weighted by atomic mass is 10.2. The summed E-state index contributed by atoms with van der Waals surface area (Å²) < 4.78 is 0. The number of rotatable bonds is 2. The smallest absolute Gasteiger partial charge is 0.328 e. The van der Waals surface area contributed by atoms with E-state index in [4.69, 9.17) is 16.7 Å². The standard InChI is InChI=1S/C11H8ClNO2/c12-8-1-3-10-7(5-8)6-9(13-10)2-4-11(14)15/h1-6,13H,(H,14,15)/b4-2+. The first-order valence-electron chi connectivity index (χ1n) is 4.34. The number of nitrogens with one attached hydrogen (secondary N) is 1. The van der Waals surface area contributed by atoms with E-state index in [9.17, 15) is 4.79 Å². The predicted molar refractivity (Wildman–Crippen MR) is 60.0 cm³/mol. The number of carboxylic acids is 1. The Labute approximate surface area is 91.0 Å². The lowest BCUT2D eigenvalue weighted by Crippen LogP contribution is -1.85. The van der Waals surface area contributed by atoms with Gasteiger partial charge in [0, 0.05) is 27.7 Å². The maximum absolute atomic E-state index is 10.3. The Morgan fingerprint density at radius 3 is 2.93 bits per heavy atom. The molecule has 1 heterocycles. The van der Waals surface area contributed by atoms with Crippen LogP contribution < -0.4 is 0 Å². The number of halogens is 1. The monoisotopic (exact) mass is 221 g/mol. The van der Waals surface area contributed by atoms with E-state index >= 15 is 0 Å². The summed E-state index contributed by atoms with van der Waals surface area (Å²) in [6.45, 7) is 0. The van der Waals surface area contributed by atoms with Crippen LogP contribution in [-0.4, -0.2) is 16.1 Å². The van der Waals surface area contributed by atoms with Gasteiger partial charge in [0.1, 0.15) is 0 Å². The molecule has 0 aliphatic heterocycles. The number of carbonyl (C=O) groups is 1. The molecule has 1 aromatic carbocycles. The van der Waals surface area contributed by atoms with Crippen LogP contribution in [0.5, 0.6) is 0 Å². The largest absolute Gasteiger partial charge is 0.478 e. The highest BCUT2D eigenvalue weighted by Gasteiger charge is 1.99. The SMILES string of the molecule is O=C(O)/C=C/c1cc2cc(Cl)ccc2[nH]1. The van der Waals surface area contributed by atoms with Gasteiger partial charge >= 0.3 is 5.97 Å². The number of aliphatic carboxylic acids is 1. The molecule has 0 radical (unpaired) electrons. The molecule has 3 nitrogen and oxygen atoms in total. The maximum Gasteiger partial charge on any atom is 0.328 e. The van der Waals surface area contributed by atoms with Crippen LogP contribution in [0.15, 0.2) is 30.3 Å². The van der Waals surface area contributed by atoms with E-state index in [1.807, 2.05) is 18.2 Å². The van der Waals surface area contributed by atoms with E-state index < -0.39 is 5.97 Å². The number of fused-ring (bicyclic) bond motifs is 1. The molecule has 1 aromatic heterocycles. The number of aromatic amines is 1. The number of aromatic nitrogens is 1. The lowest BCUT2D eigenvalue weighted by Gasteiger charge is -1.88. The zero-order valence-corrected chi connectivity index (χ0v) is 8.45. The Bertz CT molecular complexity index is 543. The van der Waals surface area contributed by atoms with Crippen molar-refractivity contribution in [3.8, 4) is 0 Å². The van der Waals surface area contributed by atoms with Crippen molar-refractivity contribution in [3.05, 3.63) is 41.1 Å². The quantitative estimate of drug-likeness (QED) is 0.766. The van der Waals surface area contributed by atoms with Crippen LogP contribution >= 0.6 is 11.6 Å². The van der Waals surface area contributed by atoms with Crippen LogP contribution in [0, 0.1) is 0 Å². The van der Waals surface area contributed by atoms with Crippen molar-refractivity contribution in [2.45, 2.75) is 0 Å². The Hall–Kier alpha value is -1.74. The van der Waals surface area contributed by atoms with Crippen molar-refractivity contribution >= 4 is 34.5 Å². The normalized spacial score (nSPS) is 11.3. The highest BCUT2D eigenvalue weighted by Crippen LogP contribution is 2.20. The number of hydrogen-bond donors (Lipinski definition) is 2. The topological polar surface area (TPSA) is 53.1 Å². The maximum atomic E-state index is 10.3. The number of benzene rings is 1. The first kappa shape index (κ1) is 9.80. The van der Waals surface area contributed by atoms with Crippen LogP contribution in [0.3, 0.4) is 0 Å². The summed E-state index contributed by atoms with van der Waals surface area (Å²) in [5.41, 5.74) is 1.68. The Morgan fingerprint density at radius 2 is 2.20 bits per heavy atom. The molecule has 2 rings (SSSR count). The van der Waals surface area contributed by atoms with Crippen molar-refractivity contribution in [2.24, 2.45) is 0 Å². The van der Waals surface area contributed by atoms with Gasteiger partial charge in [0.2, 0.25) is 0 Å². The van der Waals surface area contributed by atoms with Gasteiger partial charge in [0.05, 0.1) is 0 Å². The molecular formula is C11H8ClNO2. The van der Waals surface area contributed by atoms with Crippen molar-refractivity contribution in [2.75, 3.05) is 0 Å². The molecule has 0 aliphatic rings. The number of H-pyrrole nitrogens is 1. The fourth-order valence-corrected chi connectivity index (χ4v) is 1.56. The van der Waals surface area contributed by atoms with E-state index in [2.05, 4.69) is 4.98 Å². The molecular weight excluding hydrogens is 214 g/mol. The highest BCUT2D eigenvalue weighted by atomic mass is 35.5. The molecule has 2 N–H and O–H groups in total. The second-order valence-electron chi connectivity index (χ2n) is 3.13. The third-order valence-electron chi connectivity index (χ3n) is 2.01. The molecule has 0 fully saturated rings. The van der Waals surface area contributed by atoms with E-state index in [1.54, 1.807) is 6.07 Å². The van der Waals surface area contributed by atoms with Gasteiger partial charge in [-0.05, 0) is 30.3 Å². The van der Waals surface area contributed by atoms with E-state index in [-0.39, 0.29) is 0 Å². The average molecular weight is 222 g/mol. The van der Waals surface area contributed by atoms with Crippen LogP contribution in [0.25, 0.3) is 17.0 Å². The summed E-state index contributed by atoms with van der Waals surface area (Å²) in [5.74, 6) is -0.966. The summed E-state index contributed by atoms with van der Waals surface area (Å²) in [6.07, 6.45) is 2.60. The van der Waals surface area contributed by atoms with Gasteiger partial charge in [0.25, 0.3) is 0 Å². The Kier molecular flexibility index (Phi) is 2.47. The van der Waals surface area contributed by atoms with Gasteiger partial charge in [-0.2, -0.15) is 0 Å². The first-order chi connectivity index (χ1) is 7.15. The average Bonchev–Trinajstić information content (AvgIpc) is 2.56. The van der Waals surface area contributed by atoms with E-state index in [0.29, 0.717) is 5.02 Å². The van der Waals surface area contributed by atoms with Crippen molar-refractivity contribution in [1.29, 1.82) is 0 Å². The van der Waals surface area contributed by atoms with Gasteiger partial charge in [-0.3, -0.25) is 0 Å². The summed E-state index contributed by atoms with van der Waals surface area (Å²) in [5, 5.41) is 10.1. The van der Waals surface area contributed by atoms with Gasteiger partial charge < -0.3 is 10.1 Å². The molecule has 4 heteroatoms. The highest BCUT2D eigenvalue weighted by molar-refractivity contribution is 6.31. The van der Waals surface area contributed by atoms with Crippen LogP contribution in [0.4, 0.5) is 0 Å². The third-order valence-corrected chi connectivity index (χ3v) is 2.24. The fraction of sp³-hybridized carbons (Fsp3) is 0. The van der Waals surface area contributed by atoms with E-state index in [1.165, 1.54) is 6.08 Å². The van der Waals surface area contributed by atoms with Crippen LogP contribution in [-0.2, 0) is 4.79 Å². The lowest BCUT2D eigenvalue weighted by molar-refractivity contribution is -0.131. The van der Waals surface area contributed by atoms with Gasteiger partial charge in [-0.15, -0.1) is 0 Å². The zero-order chi connectivity index (χ0) is 10.8. The van der Waals surface area contributed by atoms with Crippen molar-refractivity contribution < 1.29 is 9.90 Å². The molecule has 0 saturated heterocycles. The molecule has 2 aromatic rings. The number of carboxylic acid groups (broad SMARTS) is 1. The molecule has 0 spiro atoms. The summed E-state index contributed by atoms with van der Waals surface area (Å²) in [6, 6.07) is 7.31. The van der Waals surface area contributed by atoms with Crippen LogP contribution in [0.1, 0.15) is 5.69 Å². The van der Waals surface area contributed by atoms with Gasteiger partial charge in [-0.25, -0.2) is 4.79 Å². The molecule has 0 saturated carbocycles. The fourth-order valence-electron chi connectivity index (χ4n) is 1.38. The minimum Gasteiger partial charge on any atom is -0.478 e. The second-order valence-corrected chi connectivity index (χ2v) is 3.56. The molecule has 76 valence electrons. The molecule has 15 heavy (non-hydrogen) atoms. The molecule has 0 bridgehead atoms. The zero-order valence-electron chi connectivity index (χ0n) is 7.70. The summed E-state index contributed by atoms with van der Waals surface area (Å²) in [7, 11) is 0. The molecule has 0 unspecified atom stereocenters. The molecule has 0 amide bonds. The number of hydrogen-bond acceptors (Lipinski definition) is 1. The van der Waals surface area contributed by atoms with Crippen molar-refractivity contribution in [3.63, 3.8) is 0 Å². The minimum atomic E-state index is -0.966. The van der Waals surface area contributed by atoms with E-state index in [0.717, 1.165) is 22.7 Å². The second kappa shape index (κ2) is 3.79. The Morgan fingerprint density at radius 1 is 1.40 bits per heavy atom. The van der Waals surface area contributed by atoms with Gasteiger partial charge in [0.15, 0.2) is 0 Å². The summed E-state index contributed by atoms with van der Waals surface area (Å²) in [4.78, 5) is 13.4. The first-order valence-corrected chi connectivity index (χ1v) is 4.72. The van der Waals surface area contributed by atoms with Crippen LogP contribution in [0.2, 0.25) is 5.02 Å². The third kappa shape index (κ3) is 2.19. The minimum absolute atomic E-state index is 0.662. The molecule has 0 aliphatic carbocycles. The summed E-state index contributed by atoms with van der Waals surface area (Å²) >= 11 is 5.83. The Balaban J connectivity index is 2.43.